The third kappa shape index (κ3) is 132. The zero-order chi connectivity index (χ0) is 4.00. The first-order valence-electron chi connectivity index (χ1n) is 0.651. The highest BCUT2D eigenvalue weighted by Gasteiger charge is 0.655. The van der Waals surface area contributed by atoms with E-state index in [4.69, 9.17) is 1.12 Å². The summed E-state index contributed by atoms with van der Waals surface area (Å²) in [5, 5.41) is 0. The molecule has 0 aliphatic rings. The molecule has 7 heavy (non-hydrogen) atoms. The van der Waals surface area contributed by atoms with Gasteiger partial charge in [-0.15, -0.1) is 0 Å². The molecule has 0 aliphatic carbocycles. The first-order chi connectivity index (χ1) is 2.00. The summed E-state index contributed by atoms with van der Waals surface area (Å²) in [4.78, 5) is 0. The molecule has 0 saturated carbocycles. The fourth-order valence-corrected chi connectivity index (χ4v) is 0. The maximum absolute atomic E-state index is 5.44. The van der Waals surface area contributed by atoms with E-state index in [1.165, 1.54) is 0 Å². The number of rotatable bonds is 0. The second-order valence-corrected chi connectivity index (χ2v) is 0. The lowest BCUT2D eigenvalue weighted by Crippen LogP contribution is -0.399. The predicted octanol–water partition coefficient (Wildman–Crippen LogP) is 2.73. The van der Waals surface area contributed by atoms with Gasteiger partial charge in [-0.25, -0.2) is 0 Å². The van der Waals surface area contributed by atoms with E-state index in [9.17, 15) is 0 Å². The second kappa shape index (κ2) is 188. The summed E-state index contributed by atoms with van der Waals surface area (Å²) in [6, 6.07) is 0. The Kier molecular flexibility index (Phi) is 1110. The van der Waals surface area contributed by atoms with E-state index in [0.29, 0.717) is 0 Å². The molecule has 0 aromatic heterocycles. The maximum atomic E-state index is 5.44. The van der Waals surface area contributed by atoms with E-state index in [2.05, 4.69) is 33.2 Å². The normalized spacial score (nSPS) is 1.57. The zero-order valence-electron chi connectivity index (χ0n) is 2.86. The maximum Gasteiger partial charge on any atom is 0.0985 e. The van der Waals surface area contributed by atoms with Gasteiger partial charge in [0.2, 0.25) is 0 Å². The van der Waals surface area contributed by atoms with Gasteiger partial charge in [-0.2, -0.15) is 26.9 Å². The van der Waals surface area contributed by atoms with Gasteiger partial charge in [-0.3, -0.25) is 0 Å². The van der Waals surface area contributed by atoms with Gasteiger partial charge in [-0.1, -0.05) is 34.1 Å². The summed E-state index contributed by atoms with van der Waals surface area (Å²) in [5.74, 6) is 0. The predicted molar refractivity (Wildman–Crippen MR) is 56.6 cm³/mol. The molecule has 0 aromatic rings. The van der Waals surface area contributed by atoms with Crippen molar-refractivity contribution in [1.29, 1.82) is 1.12 Å². The second-order valence-electron chi connectivity index (χ2n) is 0. The van der Waals surface area contributed by atoms with Crippen LogP contribution in [0, 0.1) is 0 Å². The van der Waals surface area contributed by atoms with Crippen molar-refractivity contribution in [2.45, 2.75) is 22.3 Å². The van der Waals surface area contributed by atoms with Gasteiger partial charge in [0.1, 0.15) is 0 Å². The standard InChI is InChI=1S/3CH4.HPS.2H2S/c;;;1-2;;/h3*1H4;1H;2*1H2/i/hD. The monoisotopic (exact) mass is 181 g/mol. The van der Waals surface area contributed by atoms with Crippen LogP contribution in [0.3, 0.4) is 0 Å². The van der Waals surface area contributed by atoms with E-state index < -0.39 is 0 Å². The molecule has 0 heterocycles. The summed E-state index contributed by atoms with van der Waals surface area (Å²) in [6.07, 6.45) is 0. The van der Waals surface area contributed by atoms with E-state index in [0.717, 1.165) is 0 Å². The molecule has 0 spiro atoms. The third-order valence-electron chi connectivity index (χ3n) is 0. The Labute approximate surface area is 70.3 Å². The van der Waals surface area contributed by atoms with Gasteiger partial charge in [-0.05, 0) is 8.02 Å². The van der Waals surface area contributed by atoms with Crippen LogP contribution in [0.25, 0.3) is 0 Å². The first-order valence-corrected chi connectivity index (χ1v) is 1.84. The molecule has 0 aliphatic heterocycles. The molecule has 0 radical (unpaired) electrons. The van der Waals surface area contributed by atoms with E-state index in [1.807, 2.05) is 0 Å². The summed E-state index contributed by atoms with van der Waals surface area (Å²) in [7, 11) is 2.56. The Morgan fingerprint density at radius 3 is 1.00 bits per heavy atom. The van der Waals surface area contributed by atoms with Crippen LogP contribution in [0.5, 0.6) is 0 Å². The Hall–Kier alpha value is 1.22. The van der Waals surface area contributed by atoms with Crippen LogP contribution in [0.15, 0.2) is 0 Å². The van der Waals surface area contributed by atoms with Gasteiger partial charge >= 0.3 is 0 Å². The summed E-state index contributed by atoms with van der Waals surface area (Å²) in [6.45, 7) is 0. The molecule has 4 heteroatoms. The molecule has 0 N–H and O–H groups in total. The summed E-state index contributed by atoms with van der Waals surface area (Å²) < 4.78 is 5.44. The zero-order valence-corrected chi connectivity index (χ0v) is 5.57. The smallest absolute Gasteiger partial charge is 0.0985 e. The van der Waals surface area contributed by atoms with Crippen molar-refractivity contribution in [3.63, 3.8) is 0 Å². The molecule has 0 fully saturated rings. The molecule has 0 unspecified atom stereocenters. The van der Waals surface area contributed by atoms with E-state index in [-0.39, 0.29) is 35.8 Å². The average molecular weight is 181 g/mol. The van der Waals surface area contributed by atoms with Crippen LogP contribution in [0.4, 0.5) is 0 Å². The SMILES string of the molecule is C.C.C.P=S.S.[2H]S. The average Bonchev–Trinajstić information content (AvgIpc) is 1.50. The highest BCUT2D eigenvalue weighted by atomic mass is 32.4. The lowest BCUT2D eigenvalue weighted by molar-refractivity contribution is 2.50. The summed E-state index contributed by atoms with van der Waals surface area (Å²) in [5.41, 5.74) is 0. The van der Waals surface area contributed by atoms with Crippen LogP contribution in [-0.4, -0.2) is 1.12 Å². The minimum Gasteiger partial charge on any atom is -0.197 e. The molecular weight excluding hydrogens is 163 g/mol. The minimum atomic E-state index is 0. The first kappa shape index (κ1) is 41.3. The van der Waals surface area contributed by atoms with Gasteiger partial charge in [0.15, 0.2) is 0 Å². The van der Waals surface area contributed by atoms with Gasteiger partial charge < -0.3 is 0 Å². The molecule has 0 bridgehead atoms. The molecule has 0 nitrogen and oxygen atoms in total. The molecule has 52 valence electrons. The molecular formula is C3H17PS3. The molecule has 0 amide bonds. The lowest BCUT2D eigenvalue weighted by atomic mass is 12.0. The highest BCUT2D eigenvalue weighted by Crippen LogP contribution is 1.26. The van der Waals surface area contributed by atoms with Crippen LogP contribution in [0.1, 0.15) is 22.3 Å². The van der Waals surface area contributed by atoms with Crippen molar-refractivity contribution in [3.8, 4) is 0 Å². The Balaban J connectivity index is -0.00000000167. The fourth-order valence-electron chi connectivity index (χ4n) is 0. The van der Waals surface area contributed by atoms with Gasteiger partial charge in [0, 0.05) is 0 Å². The third-order valence-corrected chi connectivity index (χ3v) is 0. The molecule has 0 rings (SSSR count). The van der Waals surface area contributed by atoms with Crippen molar-refractivity contribution in [3.05, 3.63) is 0 Å². The lowest BCUT2D eigenvalue weighted by Gasteiger charge is -0.760. The van der Waals surface area contributed by atoms with Crippen LogP contribution >= 0.6 is 34.9 Å². The van der Waals surface area contributed by atoms with E-state index in [1.54, 1.807) is 0 Å². The van der Waals surface area contributed by atoms with E-state index >= 15 is 0 Å². The van der Waals surface area contributed by atoms with Crippen LogP contribution < -0.4 is 0 Å². The number of hydrogen-bond donors (Lipinski definition) is 0. The fraction of sp³-hybridized carbons (Fsp3) is 1.00. The summed E-state index contributed by atoms with van der Waals surface area (Å²) >= 11 is 6.67. The van der Waals surface area contributed by atoms with Crippen molar-refractivity contribution >= 4 is 46.7 Å². The molecule has 0 aromatic carbocycles. The highest BCUT2D eigenvalue weighted by molar-refractivity contribution is 7.88. The molecule has 0 atom stereocenters. The topological polar surface area (TPSA) is 0 Å². The van der Waals surface area contributed by atoms with Crippen LogP contribution in [0.2, 0.25) is 0 Å². The van der Waals surface area contributed by atoms with Gasteiger partial charge in [0.25, 0.3) is 0 Å². The van der Waals surface area contributed by atoms with Crippen molar-refractivity contribution < 1.29 is 0 Å². The van der Waals surface area contributed by atoms with Crippen molar-refractivity contribution in [2.24, 2.45) is 0 Å². The Morgan fingerprint density at radius 1 is 1.00 bits per heavy atom. The largest absolute Gasteiger partial charge is 0.197 e. The van der Waals surface area contributed by atoms with Crippen LogP contribution in [-0.2, 0) is 11.8 Å². The van der Waals surface area contributed by atoms with Crippen molar-refractivity contribution in [2.75, 3.05) is 0 Å². The Morgan fingerprint density at radius 2 is 1.00 bits per heavy atom. The van der Waals surface area contributed by atoms with Gasteiger partial charge in [0.05, 0.1) is 1.12 Å². The molecule has 0 saturated heterocycles. The minimum absolute atomic E-state index is 0. The Bertz CT molecular complexity index is 14.5. The van der Waals surface area contributed by atoms with Crippen molar-refractivity contribution in [1.82, 2.24) is 0 Å². The number of hydrogen-bond acceptors (Lipinski definition) is 1. The quantitative estimate of drug-likeness (QED) is 0.518.